The Kier molecular flexibility index (Phi) is 3.39. The smallest absolute Gasteiger partial charge is 0.144 e. The van der Waals surface area contributed by atoms with Crippen molar-refractivity contribution in [3.05, 3.63) is 54.2 Å². The van der Waals surface area contributed by atoms with E-state index in [0.29, 0.717) is 5.02 Å². The molecule has 4 nitrogen and oxygen atoms in total. The van der Waals surface area contributed by atoms with Gasteiger partial charge in [-0.3, -0.25) is 4.98 Å². The van der Waals surface area contributed by atoms with Crippen molar-refractivity contribution in [3.8, 4) is 22.4 Å². The Bertz CT molecular complexity index is 708. The van der Waals surface area contributed by atoms with Crippen LogP contribution in [0, 0.1) is 0 Å². The molecule has 100 valence electrons. The lowest BCUT2D eigenvalue weighted by molar-refractivity contribution is 0.568. The number of furan rings is 1. The fourth-order valence-electron chi connectivity index (χ4n) is 1.93. The molecule has 1 aromatic carbocycles. The standard InChI is InChI=1S/C15H12ClN3O/c1-17-15-8-18-14(7-19-15)12-6-10(2-3-13(12)16)11-4-5-20-9-11/h2-9H,1H3,(H,17,19). The van der Waals surface area contributed by atoms with Crippen molar-refractivity contribution >= 4 is 17.4 Å². The van der Waals surface area contributed by atoms with Crippen molar-refractivity contribution < 1.29 is 4.42 Å². The molecule has 3 rings (SSSR count). The van der Waals surface area contributed by atoms with E-state index in [4.69, 9.17) is 16.0 Å². The number of anilines is 1. The van der Waals surface area contributed by atoms with E-state index in [0.717, 1.165) is 28.2 Å². The highest BCUT2D eigenvalue weighted by atomic mass is 35.5. The van der Waals surface area contributed by atoms with Gasteiger partial charge in [0, 0.05) is 18.2 Å². The summed E-state index contributed by atoms with van der Waals surface area (Å²) in [6.07, 6.45) is 6.72. The van der Waals surface area contributed by atoms with Gasteiger partial charge in [-0.1, -0.05) is 17.7 Å². The molecular weight excluding hydrogens is 274 g/mol. The number of nitrogens with zero attached hydrogens (tertiary/aromatic N) is 2. The Morgan fingerprint density at radius 1 is 1.10 bits per heavy atom. The quantitative estimate of drug-likeness (QED) is 0.787. The summed E-state index contributed by atoms with van der Waals surface area (Å²) in [5.41, 5.74) is 3.61. The van der Waals surface area contributed by atoms with Gasteiger partial charge in [0.1, 0.15) is 5.82 Å². The third-order valence-electron chi connectivity index (χ3n) is 3.00. The zero-order valence-corrected chi connectivity index (χ0v) is 11.6. The molecule has 1 N–H and O–H groups in total. The fourth-order valence-corrected chi connectivity index (χ4v) is 2.14. The average molecular weight is 286 g/mol. The van der Waals surface area contributed by atoms with Crippen molar-refractivity contribution in [1.82, 2.24) is 9.97 Å². The van der Waals surface area contributed by atoms with E-state index in [1.165, 1.54) is 0 Å². The van der Waals surface area contributed by atoms with Gasteiger partial charge in [0.05, 0.1) is 35.6 Å². The van der Waals surface area contributed by atoms with Gasteiger partial charge in [0.2, 0.25) is 0 Å². The minimum absolute atomic E-state index is 0.642. The third kappa shape index (κ3) is 2.38. The first kappa shape index (κ1) is 12.7. The zero-order chi connectivity index (χ0) is 13.9. The molecule has 0 bridgehead atoms. The molecule has 0 aliphatic carbocycles. The maximum absolute atomic E-state index is 6.26. The Balaban J connectivity index is 2.05. The number of rotatable bonds is 3. The summed E-state index contributed by atoms with van der Waals surface area (Å²) >= 11 is 6.26. The minimum Gasteiger partial charge on any atom is -0.472 e. The molecule has 3 aromatic rings. The predicted octanol–water partition coefficient (Wildman–Crippen LogP) is 4.10. The highest BCUT2D eigenvalue weighted by Gasteiger charge is 2.08. The second kappa shape index (κ2) is 5.35. The number of aromatic nitrogens is 2. The van der Waals surface area contributed by atoms with Gasteiger partial charge in [-0.05, 0) is 23.8 Å². The second-order valence-electron chi connectivity index (χ2n) is 4.24. The van der Waals surface area contributed by atoms with E-state index in [1.54, 1.807) is 32.0 Å². The van der Waals surface area contributed by atoms with Gasteiger partial charge < -0.3 is 9.73 Å². The molecule has 20 heavy (non-hydrogen) atoms. The number of hydrogen-bond acceptors (Lipinski definition) is 4. The van der Waals surface area contributed by atoms with Gasteiger partial charge in [-0.15, -0.1) is 0 Å². The van der Waals surface area contributed by atoms with Crippen LogP contribution in [-0.4, -0.2) is 17.0 Å². The SMILES string of the molecule is CNc1cnc(-c2cc(-c3ccoc3)ccc2Cl)cn1. The van der Waals surface area contributed by atoms with Gasteiger partial charge in [0.25, 0.3) is 0 Å². The summed E-state index contributed by atoms with van der Waals surface area (Å²) in [4.78, 5) is 8.63. The van der Waals surface area contributed by atoms with E-state index in [1.807, 2.05) is 24.3 Å². The van der Waals surface area contributed by atoms with Gasteiger partial charge in [-0.2, -0.15) is 0 Å². The van der Waals surface area contributed by atoms with E-state index >= 15 is 0 Å². The number of nitrogens with one attached hydrogen (secondary N) is 1. The topological polar surface area (TPSA) is 51.0 Å². The van der Waals surface area contributed by atoms with E-state index in [2.05, 4.69) is 15.3 Å². The van der Waals surface area contributed by atoms with Crippen molar-refractivity contribution in [3.63, 3.8) is 0 Å². The number of hydrogen-bond donors (Lipinski definition) is 1. The zero-order valence-electron chi connectivity index (χ0n) is 10.8. The van der Waals surface area contributed by atoms with E-state index in [9.17, 15) is 0 Å². The van der Waals surface area contributed by atoms with Crippen LogP contribution in [0.4, 0.5) is 5.82 Å². The molecule has 0 aliphatic rings. The molecule has 0 atom stereocenters. The maximum atomic E-state index is 6.26. The Labute approximate surface area is 121 Å². The molecule has 0 fully saturated rings. The lowest BCUT2D eigenvalue weighted by Gasteiger charge is -2.07. The lowest BCUT2D eigenvalue weighted by Crippen LogP contribution is -1.94. The number of halogens is 1. The summed E-state index contributed by atoms with van der Waals surface area (Å²) < 4.78 is 5.11. The lowest BCUT2D eigenvalue weighted by atomic mass is 10.0. The second-order valence-corrected chi connectivity index (χ2v) is 4.65. The summed E-state index contributed by atoms with van der Waals surface area (Å²) in [6.45, 7) is 0. The third-order valence-corrected chi connectivity index (χ3v) is 3.33. The molecular formula is C15H12ClN3O. The molecule has 0 unspecified atom stereocenters. The first-order chi connectivity index (χ1) is 9.78. The molecule has 0 saturated heterocycles. The van der Waals surface area contributed by atoms with E-state index < -0.39 is 0 Å². The van der Waals surface area contributed by atoms with Crippen molar-refractivity contribution in [1.29, 1.82) is 0 Å². The molecule has 2 heterocycles. The molecule has 0 amide bonds. The monoisotopic (exact) mass is 285 g/mol. The van der Waals surface area contributed by atoms with Gasteiger partial charge in [0.15, 0.2) is 0 Å². The average Bonchev–Trinajstić information content (AvgIpc) is 3.02. The highest BCUT2D eigenvalue weighted by molar-refractivity contribution is 6.33. The minimum atomic E-state index is 0.642. The van der Waals surface area contributed by atoms with Crippen LogP contribution in [0.25, 0.3) is 22.4 Å². The largest absolute Gasteiger partial charge is 0.472 e. The maximum Gasteiger partial charge on any atom is 0.144 e. The fraction of sp³-hybridized carbons (Fsp3) is 0.0667. The van der Waals surface area contributed by atoms with Crippen molar-refractivity contribution in [2.75, 3.05) is 12.4 Å². The Hall–Kier alpha value is -2.33. The van der Waals surface area contributed by atoms with Crippen LogP contribution < -0.4 is 5.32 Å². The molecule has 2 aromatic heterocycles. The Morgan fingerprint density at radius 3 is 2.65 bits per heavy atom. The molecule has 0 spiro atoms. The highest BCUT2D eigenvalue weighted by Crippen LogP contribution is 2.31. The van der Waals surface area contributed by atoms with Crippen molar-refractivity contribution in [2.24, 2.45) is 0 Å². The first-order valence-electron chi connectivity index (χ1n) is 6.10. The van der Waals surface area contributed by atoms with Crippen LogP contribution in [0.1, 0.15) is 0 Å². The van der Waals surface area contributed by atoms with Crippen molar-refractivity contribution in [2.45, 2.75) is 0 Å². The molecule has 5 heteroatoms. The van der Waals surface area contributed by atoms with Crippen LogP contribution >= 0.6 is 11.6 Å². The molecule has 0 radical (unpaired) electrons. The summed E-state index contributed by atoms with van der Waals surface area (Å²) in [7, 11) is 1.80. The van der Waals surface area contributed by atoms with Crippen LogP contribution in [0.3, 0.4) is 0 Å². The first-order valence-corrected chi connectivity index (χ1v) is 6.48. The number of benzene rings is 1. The van der Waals surface area contributed by atoms with Crippen LogP contribution in [-0.2, 0) is 0 Å². The molecule has 0 aliphatic heterocycles. The van der Waals surface area contributed by atoms with Gasteiger partial charge in [-0.25, -0.2) is 4.98 Å². The predicted molar refractivity (Wildman–Crippen MR) is 79.7 cm³/mol. The van der Waals surface area contributed by atoms with Gasteiger partial charge >= 0.3 is 0 Å². The summed E-state index contributed by atoms with van der Waals surface area (Å²) in [5, 5.41) is 3.58. The Morgan fingerprint density at radius 2 is 2.00 bits per heavy atom. The van der Waals surface area contributed by atoms with Crippen LogP contribution in [0.15, 0.2) is 53.6 Å². The summed E-state index contributed by atoms with van der Waals surface area (Å²) in [5.74, 6) is 0.718. The normalized spacial score (nSPS) is 10.5. The van der Waals surface area contributed by atoms with Crippen LogP contribution in [0.5, 0.6) is 0 Å². The summed E-state index contributed by atoms with van der Waals surface area (Å²) in [6, 6.07) is 7.69. The molecule has 0 saturated carbocycles. The van der Waals surface area contributed by atoms with Crippen LogP contribution in [0.2, 0.25) is 5.02 Å². The van der Waals surface area contributed by atoms with E-state index in [-0.39, 0.29) is 0 Å².